The van der Waals surface area contributed by atoms with E-state index in [0.717, 1.165) is 0 Å². The van der Waals surface area contributed by atoms with Gasteiger partial charge in [0.2, 0.25) is 0 Å². The molecule has 0 atom stereocenters. The van der Waals surface area contributed by atoms with Gasteiger partial charge in [0.25, 0.3) is 0 Å². The Hall–Kier alpha value is -6.64. The van der Waals surface area contributed by atoms with E-state index in [9.17, 15) is 0 Å². The van der Waals surface area contributed by atoms with Crippen molar-refractivity contribution in [2.75, 3.05) is 4.90 Å². The topological polar surface area (TPSA) is 8.17 Å². The van der Waals surface area contributed by atoms with Gasteiger partial charge in [0.05, 0.1) is 11.0 Å². The molecule has 0 N–H and O–H groups in total. The molecule has 0 amide bonds. The Morgan fingerprint density at radius 1 is 0.446 bits per heavy atom. The SMILES string of the molecule is CC1(C)c2cc(N(c3ccc(C4CCCCC4)cc3)c3ccc(C4CCCCC4)cc3)ccc2-c2c(-c3ccccc3)cc3c4cc(-c5ccccc5)ccc4n(-c4ccccc4)c3c21. The largest absolute Gasteiger partial charge is 0.310 e. The maximum absolute atomic E-state index is 2.55. The standard InChI is InChI=1S/C63H58N2/c1-63(2)58-41-53(64(51-33-28-46(29-34-51)43-18-8-3-9-19-43)52-35-30-47(31-36-52)44-20-10-4-11-21-44)37-38-54(58)60-55(48-24-14-6-15-25-48)42-57-56-40-49(45-22-12-5-13-23-45)32-39-59(56)65(62(57)61(60)63)50-26-16-7-17-27-50/h5-7,12-17,22-44H,3-4,8-11,18-21H2,1-2H3. The van der Waals surface area contributed by atoms with Crippen LogP contribution in [0.15, 0.2) is 182 Å². The van der Waals surface area contributed by atoms with Gasteiger partial charge in [-0.2, -0.15) is 0 Å². The number of aromatic nitrogens is 1. The van der Waals surface area contributed by atoms with E-state index < -0.39 is 0 Å². The maximum Gasteiger partial charge on any atom is 0.0588 e. The van der Waals surface area contributed by atoms with Gasteiger partial charge in [0.1, 0.15) is 0 Å². The summed E-state index contributed by atoms with van der Waals surface area (Å²) in [6.07, 6.45) is 13.4. The molecule has 3 aliphatic carbocycles. The third-order valence-corrected chi connectivity index (χ3v) is 15.5. The predicted octanol–water partition coefficient (Wildman–Crippen LogP) is 18.0. The lowest BCUT2D eigenvalue weighted by Crippen LogP contribution is -2.18. The number of rotatable bonds is 8. The Morgan fingerprint density at radius 2 is 0.985 bits per heavy atom. The quantitative estimate of drug-likeness (QED) is 0.148. The normalized spacial score (nSPS) is 16.2. The van der Waals surface area contributed by atoms with Gasteiger partial charge in [-0.25, -0.2) is 0 Å². The van der Waals surface area contributed by atoms with Crippen LogP contribution in [-0.2, 0) is 5.41 Å². The van der Waals surface area contributed by atoms with Crippen LogP contribution in [0.5, 0.6) is 0 Å². The molecule has 0 bridgehead atoms. The molecule has 2 nitrogen and oxygen atoms in total. The number of nitrogens with zero attached hydrogens (tertiary/aromatic N) is 2. The lowest BCUT2D eigenvalue weighted by atomic mass is 9.80. The third kappa shape index (κ3) is 6.92. The molecule has 2 saturated carbocycles. The number of benzene rings is 8. The van der Waals surface area contributed by atoms with Crippen LogP contribution >= 0.6 is 0 Å². The smallest absolute Gasteiger partial charge is 0.0588 e. The van der Waals surface area contributed by atoms with Crippen molar-refractivity contribution in [1.29, 1.82) is 0 Å². The molecule has 12 rings (SSSR count). The van der Waals surface area contributed by atoms with Crippen molar-refractivity contribution < 1.29 is 0 Å². The second-order valence-electron chi connectivity index (χ2n) is 19.7. The molecule has 1 aromatic heterocycles. The monoisotopic (exact) mass is 842 g/mol. The lowest BCUT2D eigenvalue weighted by molar-refractivity contribution is 0.443. The summed E-state index contributed by atoms with van der Waals surface area (Å²) in [5.41, 5.74) is 20.4. The van der Waals surface area contributed by atoms with Crippen LogP contribution in [0, 0.1) is 0 Å². The van der Waals surface area contributed by atoms with Crippen molar-refractivity contribution in [2.24, 2.45) is 0 Å². The van der Waals surface area contributed by atoms with Crippen LogP contribution in [0.1, 0.15) is 112 Å². The minimum Gasteiger partial charge on any atom is -0.310 e. The molecule has 9 aromatic rings. The highest BCUT2D eigenvalue weighted by Gasteiger charge is 2.41. The van der Waals surface area contributed by atoms with Crippen molar-refractivity contribution in [3.63, 3.8) is 0 Å². The van der Waals surface area contributed by atoms with E-state index in [-0.39, 0.29) is 5.41 Å². The van der Waals surface area contributed by atoms with Crippen LogP contribution in [0.25, 0.3) is 60.9 Å². The first kappa shape index (κ1) is 39.9. The zero-order valence-corrected chi connectivity index (χ0v) is 37.9. The predicted molar refractivity (Wildman–Crippen MR) is 276 cm³/mol. The first-order chi connectivity index (χ1) is 32.0. The summed E-state index contributed by atoms with van der Waals surface area (Å²) in [4.78, 5) is 2.52. The van der Waals surface area contributed by atoms with Gasteiger partial charge in [-0.05, 0) is 160 Å². The minimum atomic E-state index is -0.325. The van der Waals surface area contributed by atoms with Crippen LogP contribution in [-0.4, -0.2) is 4.57 Å². The number of para-hydroxylation sites is 1. The molecule has 0 unspecified atom stereocenters. The summed E-state index contributed by atoms with van der Waals surface area (Å²) < 4.78 is 2.55. The second kappa shape index (κ2) is 16.4. The van der Waals surface area contributed by atoms with Gasteiger partial charge in [0.15, 0.2) is 0 Å². The van der Waals surface area contributed by atoms with E-state index in [4.69, 9.17) is 0 Å². The molecule has 65 heavy (non-hydrogen) atoms. The van der Waals surface area contributed by atoms with Crippen molar-refractivity contribution in [3.8, 4) is 39.1 Å². The summed E-state index contributed by atoms with van der Waals surface area (Å²) in [7, 11) is 0. The zero-order valence-electron chi connectivity index (χ0n) is 37.9. The molecule has 8 aromatic carbocycles. The highest BCUT2D eigenvalue weighted by molar-refractivity contribution is 6.17. The van der Waals surface area contributed by atoms with Crippen LogP contribution in [0.4, 0.5) is 17.1 Å². The molecule has 0 spiro atoms. The zero-order chi connectivity index (χ0) is 43.5. The van der Waals surface area contributed by atoms with Gasteiger partial charge in [-0.1, -0.05) is 168 Å². The van der Waals surface area contributed by atoms with Gasteiger partial charge in [0, 0.05) is 38.9 Å². The van der Waals surface area contributed by atoms with E-state index in [2.05, 4.69) is 205 Å². The fourth-order valence-corrected chi connectivity index (χ4v) is 12.2. The maximum atomic E-state index is 2.55. The van der Waals surface area contributed by atoms with E-state index in [0.29, 0.717) is 11.8 Å². The Labute approximate surface area is 385 Å². The average Bonchev–Trinajstić information content (AvgIpc) is 3.82. The van der Waals surface area contributed by atoms with Crippen LogP contribution in [0.2, 0.25) is 0 Å². The summed E-state index contributed by atoms with van der Waals surface area (Å²) >= 11 is 0. The number of hydrogen-bond donors (Lipinski definition) is 0. The molecule has 3 aliphatic rings. The Kier molecular flexibility index (Phi) is 10.1. The lowest BCUT2D eigenvalue weighted by Gasteiger charge is -2.29. The Balaban J connectivity index is 1.07. The van der Waals surface area contributed by atoms with Crippen molar-refractivity contribution in [1.82, 2.24) is 4.57 Å². The molecule has 2 heteroatoms. The molecule has 0 aliphatic heterocycles. The molecular weight excluding hydrogens is 785 g/mol. The van der Waals surface area contributed by atoms with E-state index in [1.807, 2.05) is 0 Å². The summed E-state index contributed by atoms with van der Waals surface area (Å²) in [6, 6.07) is 69.2. The molecule has 0 saturated heterocycles. The van der Waals surface area contributed by atoms with Crippen LogP contribution < -0.4 is 4.90 Å². The second-order valence-corrected chi connectivity index (χ2v) is 19.7. The van der Waals surface area contributed by atoms with Gasteiger partial charge >= 0.3 is 0 Å². The molecule has 1 heterocycles. The van der Waals surface area contributed by atoms with E-state index >= 15 is 0 Å². The molecule has 2 fully saturated rings. The third-order valence-electron chi connectivity index (χ3n) is 15.5. The minimum absolute atomic E-state index is 0.325. The number of hydrogen-bond acceptors (Lipinski definition) is 1. The fourth-order valence-electron chi connectivity index (χ4n) is 12.2. The first-order valence-electron chi connectivity index (χ1n) is 24.5. The van der Waals surface area contributed by atoms with E-state index in [1.54, 1.807) is 0 Å². The highest BCUT2D eigenvalue weighted by atomic mass is 15.1. The van der Waals surface area contributed by atoms with Gasteiger partial charge in [-0.3, -0.25) is 0 Å². The van der Waals surface area contributed by atoms with Gasteiger partial charge in [-0.15, -0.1) is 0 Å². The Bertz CT molecular complexity index is 3080. The molecule has 0 radical (unpaired) electrons. The molecule has 320 valence electrons. The van der Waals surface area contributed by atoms with Gasteiger partial charge < -0.3 is 9.47 Å². The molecular formula is C63H58N2. The van der Waals surface area contributed by atoms with Crippen molar-refractivity contribution in [2.45, 2.75) is 95.3 Å². The highest BCUT2D eigenvalue weighted by Crippen LogP contribution is 2.58. The number of anilines is 3. The summed E-state index contributed by atoms with van der Waals surface area (Å²) in [5, 5.41) is 2.57. The number of fused-ring (bicyclic) bond motifs is 7. The Morgan fingerprint density at radius 3 is 1.57 bits per heavy atom. The first-order valence-corrected chi connectivity index (χ1v) is 24.5. The summed E-state index contributed by atoms with van der Waals surface area (Å²) in [6.45, 7) is 4.95. The van der Waals surface area contributed by atoms with Crippen LogP contribution in [0.3, 0.4) is 0 Å². The average molecular weight is 843 g/mol. The van der Waals surface area contributed by atoms with Crippen molar-refractivity contribution >= 4 is 38.9 Å². The fraction of sp³-hybridized carbons (Fsp3) is 0.238. The summed E-state index contributed by atoms with van der Waals surface area (Å²) in [5.74, 6) is 1.35. The van der Waals surface area contributed by atoms with E-state index in [1.165, 1.54) is 164 Å². The van der Waals surface area contributed by atoms with Crippen molar-refractivity contribution in [3.05, 3.63) is 204 Å².